The Morgan fingerprint density at radius 1 is 0.972 bits per heavy atom. The number of nitrogens with one attached hydrogen (secondary N) is 2. The molecule has 0 aliphatic carbocycles. The summed E-state index contributed by atoms with van der Waals surface area (Å²) in [5.41, 5.74) is 2.04. The number of hydrogen-bond donors (Lipinski definition) is 2. The van der Waals surface area contributed by atoms with Gasteiger partial charge in [-0.1, -0.05) is 36.4 Å². The minimum absolute atomic E-state index is 0.123. The molecule has 0 spiro atoms. The van der Waals surface area contributed by atoms with Gasteiger partial charge < -0.3 is 15.2 Å². The third-order valence-electron chi connectivity index (χ3n) is 5.92. The van der Waals surface area contributed by atoms with E-state index < -0.39 is 6.04 Å². The van der Waals surface area contributed by atoms with E-state index in [9.17, 15) is 14.4 Å². The van der Waals surface area contributed by atoms with Crippen LogP contribution in [0.15, 0.2) is 83.9 Å². The second-order valence-corrected chi connectivity index (χ2v) is 8.48. The van der Waals surface area contributed by atoms with Gasteiger partial charge >= 0.3 is 0 Å². The van der Waals surface area contributed by atoms with Crippen LogP contribution in [-0.2, 0) is 11.3 Å². The van der Waals surface area contributed by atoms with Crippen LogP contribution in [0, 0.1) is 6.92 Å². The van der Waals surface area contributed by atoms with Gasteiger partial charge in [-0.25, -0.2) is 0 Å². The molecule has 3 aromatic heterocycles. The zero-order chi connectivity index (χ0) is 25.1. The van der Waals surface area contributed by atoms with E-state index in [1.807, 2.05) is 49.4 Å². The number of carbonyl (C=O) groups excluding carboxylic acids is 2. The van der Waals surface area contributed by atoms with Gasteiger partial charge in [0.2, 0.25) is 5.91 Å². The van der Waals surface area contributed by atoms with Crippen molar-refractivity contribution in [3.05, 3.63) is 106 Å². The summed E-state index contributed by atoms with van der Waals surface area (Å²) in [4.78, 5) is 38.1. The molecule has 0 saturated heterocycles. The highest BCUT2D eigenvalue weighted by Gasteiger charge is 2.20. The molecule has 36 heavy (non-hydrogen) atoms. The maximum Gasteiger partial charge on any atom is 0.255 e. The molecular formula is C26H23N7O3. The number of nitrogens with zero attached hydrogens (tertiary/aromatic N) is 5. The summed E-state index contributed by atoms with van der Waals surface area (Å²) in [5, 5.41) is 19.3. The molecule has 5 aromatic rings. The number of hydrogen-bond acceptors (Lipinski definition) is 6. The lowest BCUT2D eigenvalue weighted by molar-refractivity contribution is -0.121. The number of amides is 2. The van der Waals surface area contributed by atoms with E-state index in [1.54, 1.807) is 30.6 Å². The largest absolute Gasteiger partial charge is 0.352 e. The van der Waals surface area contributed by atoms with E-state index in [1.165, 1.54) is 15.1 Å². The standard InChI is InChI=1S/C26H23N7O3/c1-17-10-12-32(24(35)13-17)16-23(34)27-15-22(20-9-8-18-5-2-3-6-19(18)14-20)28-26(36)21-7-4-11-33-25(21)29-30-31-33/h2-14,22H,15-16H2,1H3,(H,27,34)(H,28,36). The minimum atomic E-state index is -0.545. The molecule has 2 amide bonds. The normalized spacial score (nSPS) is 11.9. The fourth-order valence-corrected chi connectivity index (χ4v) is 4.02. The molecule has 10 nitrogen and oxygen atoms in total. The molecule has 0 aliphatic rings. The van der Waals surface area contributed by atoms with Crippen molar-refractivity contribution in [2.75, 3.05) is 6.54 Å². The second kappa shape index (κ2) is 9.79. The van der Waals surface area contributed by atoms with Gasteiger partial charge in [-0.3, -0.25) is 14.4 Å². The zero-order valence-corrected chi connectivity index (χ0v) is 19.5. The maximum absolute atomic E-state index is 13.2. The highest BCUT2D eigenvalue weighted by atomic mass is 16.2. The number of aromatic nitrogens is 5. The first-order valence-electron chi connectivity index (χ1n) is 11.4. The molecule has 0 fully saturated rings. The van der Waals surface area contributed by atoms with Gasteiger partial charge in [0, 0.05) is 25.0 Å². The molecule has 1 atom stereocenters. The molecule has 0 aliphatic heterocycles. The van der Waals surface area contributed by atoms with Crippen molar-refractivity contribution in [2.45, 2.75) is 19.5 Å². The SMILES string of the molecule is Cc1ccn(CC(=O)NCC(NC(=O)c2cccn3nnnc23)c2ccc3ccccc3c2)c(=O)c1. The number of tetrazole rings is 1. The van der Waals surface area contributed by atoms with Gasteiger partial charge in [0.1, 0.15) is 6.54 Å². The van der Waals surface area contributed by atoms with Gasteiger partial charge in [0.25, 0.3) is 11.5 Å². The quantitative estimate of drug-likeness (QED) is 0.367. The molecule has 10 heteroatoms. The summed E-state index contributed by atoms with van der Waals surface area (Å²) in [5.74, 6) is -0.720. The van der Waals surface area contributed by atoms with Crippen molar-refractivity contribution < 1.29 is 9.59 Å². The van der Waals surface area contributed by atoms with Crippen molar-refractivity contribution in [1.82, 2.24) is 35.2 Å². The number of benzene rings is 2. The third-order valence-corrected chi connectivity index (χ3v) is 5.92. The Kier molecular flexibility index (Phi) is 6.23. The fraction of sp³-hybridized carbons (Fsp3) is 0.154. The first kappa shape index (κ1) is 22.9. The van der Waals surface area contributed by atoms with Crippen LogP contribution < -0.4 is 16.2 Å². The maximum atomic E-state index is 13.2. The van der Waals surface area contributed by atoms with E-state index in [0.29, 0.717) is 11.2 Å². The van der Waals surface area contributed by atoms with Crippen molar-refractivity contribution >= 4 is 28.2 Å². The van der Waals surface area contributed by atoms with Crippen LogP contribution in [0.1, 0.15) is 27.5 Å². The molecule has 180 valence electrons. The van der Waals surface area contributed by atoms with Crippen LogP contribution >= 0.6 is 0 Å². The number of aryl methyl sites for hydroxylation is 1. The molecular weight excluding hydrogens is 458 g/mol. The van der Waals surface area contributed by atoms with Crippen LogP contribution in [0.5, 0.6) is 0 Å². The van der Waals surface area contributed by atoms with E-state index in [-0.39, 0.29) is 30.5 Å². The van der Waals surface area contributed by atoms with Crippen molar-refractivity contribution in [3.63, 3.8) is 0 Å². The number of rotatable bonds is 7. The van der Waals surface area contributed by atoms with E-state index in [2.05, 4.69) is 26.2 Å². The molecule has 1 unspecified atom stereocenters. The predicted octanol–water partition coefficient (Wildman–Crippen LogP) is 2.04. The van der Waals surface area contributed by atoms with Gasteiger partial charge in [0.05, 0.1) is 11.6 Å². The topological polar surface area (TPSA) is 123 Å². The molecule has 2 N–H and O–H groups in total. The van der Waals surface area contributed by atoms with Crippen LogP contribution in [-0.4, -0.2) is 43.0 Å². The van der Waals surface area contributed by atoms with Gasteiger partial charge in [-0.15, -0.1) is 5.10 Å². The first-order valence-corrected chi connectivity index (χ1v) is 11.4. The lowest BCUT2D eigenvalue weighted by Gasteiger charge is -2.21. The van der Waals surface area contributed by atoms with E-state index >= 15 is 0 Å². The first-order chi connectivity index (χ1) is 17.5. The average molecular weight is 482 g/mol. The molecule has 2 aromatic carbocycles. The minimum Gasteiger partial charge on any atom is -0.352 e. The van der Waals surface area contributed by atoms with Gasteiger partial charge in [-0.05, 0) is 63.5 Å². The van der Waals surface area contributed by atoms with E-state index in [4.69, 9.17) is 0 Å². The van der Waals surface area contributed by atoms with Gasteiger partial charge in [0.15, 0.2) is 5.65 Å². The van der Waals surface area contributed by atoms with Crippen LogP contribution in [0.4, 0.5) is 0 Å². The Balaban J connectivity index is 1.39. The number of fused-ring (bicyclic) bond motifs is 2. The van der Waals surface area contributed by atoms with Crippen molar-refractivity contribution in [3.8, 4) is 0 Å². The molecule has 0 bridgehead atoms. The summed E-state index contributed by atoms with van der Waals surface area (Å²) in [7, 11) is 0. The number of pyridine rings is 2. The average Bonchev–Trinajstić information content (AvgIpc) is 3.37. The third kappa shape index (κ3) is 4.83. The Bertz CT molecular complexity index is 1640. The lowest BCUT2D eigenvalue weighted by Crippen LogP contribution is -2.40. The predicted molar refractivity (Wildman–Crippen MR) is 133 cm³/mol. The van der Waals surface area contributed by atoms with Crippen molar-refractivity contribution in [1.29, 1.82) is 0 Å². The molecule has 5 rings (SSSR count). The van der Waals surface area contributed by atoms with Crippen LogP contribution in [0.2, 0.25) is 0 Å². The Labute approximate surface area is 205 Å². The summed E-state index contributed by atoms with van der Waals surface area (Å²) in [6.07, 6.45) is 3.24. The van der Waals surface area contributed by atoms with Crippen LogP contribution in [0.3, 0.4) is 0 Å². The van der Waals surface area contributed by atoms with Gasteiger partial charge in [-0.2, -0.15) is 4.52 Å². The Hall–Kier alpha value is -4.86. The van der Waals surface area contributed by atoms with E-state index in [0.717, 1.165) is 21.9 Å². The number of carbonyl (C=O) groups is 2. The Morgan fingerprint density at radius 3 is 2.64 bits per heavy atom. The lowest BCUT2D eigenvalue weighted by atomic mass is 10.0. The second-order valence-electron chi connectivity index (χ2n) is 8.48. The molecule has 0 radical (unpaired) electrons. The van der Waals surface area contributed by atoms with Crippen molar-refractivity contribution in [2.24, 2.45) is 0 Å². The highest BCUT2D eigenvalue weighted by Crippen LogP contribution is 2.21. The molecule has 0 saturated carbocycles. The van der Waals surface area contributed by atoms with Crippen LogP contribution in [0.25, 0.3) is 16.4 Å². The fourth-order valence-electron chi connectivity index (χ4n) is 4.02. The Morgan fingerprint density at radius 2 is 1.81 bits per heavy atom. The summed E-state index contributed by atoms with van der Waals surface area (Å²) < 4.78 is 2.76. The summed E-state index contributed by atoms with van der Waals surface area (Å²) >= 11 is 0. The summed E-state index contributed by atoms with van der Waals surface area (Å²) in [6, 6.07) is 19.8. The zero-order valence-electron chi connectivity index (χ0n) is 19.5. The monoisotopic (exact) mass is 481 g/mol. The summed E-state index contributed by atoms with van der Waals surface area (Å²) in [6.45, 7) is 1.82. The smallest absolute Gasteiger partial charge is 0.255 e. The molecule has 3 heterocycles. The highest BCUT2D eigenvalue weighted by molar-refractivity contribution is 6.00.